The second-order valence-electron chi connectivity index (χ2n) is 4.35. The molecule has 23 heavy (non-hydrogen) atoms. The Morgan fingerprint density at radius 1 is 1.39 bits per heavy atom. The van der Waals surface area contributed by atoms with Crippen molar-refractivity contribution in [2.75, 3.05) is 13.7 Å². The molecule has 122 valence electrons. The van der Waals surface area contributed by atoms with Crippen molar-refractivity contribution in [2.24, 2.45) is 0 Å². The number of nitrogens with zero attached hydrogens (tertiary/aromatic N) is 2. The number of hydrogen-bond donors (Lipinski definition) is 1. The van der Waals surface area contributed by atoms with Gasteiger partial charge in [0.15, 0.2) is 6.73 Å². The second-order valence-corrected chi connectivity index (χ2v) is 5.64. The Labute approximate surface area is 145 Å². The molecule has 1 amide bonds. The number of amides is 1. The van der Waals surface area contributed by atoms with E-state index < -0.39 is 11.9 Å². The van der Waals surface area contributed by atoms with E-state index in [1.807, 2.05) is 0 Å². The van der Waals surface area contributed by atoms with Crippen molar-refractivity contribution < 1.29 is 19.1 Å². The summed E-state index contributed by atoms with van der Waals surface area (Å²) < 4.78 is 12.2. The van der Waals surface area contributed by atoms with Crippen molar-refractivity contribution in [1.82, 2.24) is 15.1 Å². The van der Waals surface area contributed by atoms with Gasteiger partial charge in [0.2, 0.25) is 0 Å². The molecule has 2 rings (SSSR count). The van der Waals surface area contributed by atoms with Crippen LogP contribution >= 0.6 is 27.5 Å². The molecule has 0 fully saturated rings. The number of carbonyl (C=O) groups excluding carboxylic acids is 2. The van der Waals surface area contributed by atoms with Gasteiger partial charge >= 0.3 is 5.97 Å². The molecule has 1 aromatic heterocycles. The Morgan fingerprint density at radius 2 is 2.17 bits per heavy atom. The summed E-state index contributed by atoms with van der Waals surface area (Å²) in [4.78, 5) is 22.8. The number of benzene rings is 1. The maximum Gasteiger partial charge on any atom is 0.325 e. The predicted octanol–water partition coefficient (Wildman–Crippen LogP) is 2.24. The van der Waals surface area contributed by atoms with E-state index in [-0.39, 0.29) is 19.0 Å². The fraction of sp³-hybridized carbons (Fsp3) is 0.214. The summed E-state index contributed by atoms with van der Waals surface area (Å²) in [6, 6.07) is 6.66. The van der Waals surface area contributed by atoms with E-state index in [1.54, 1.807) is 24.4 Å². The van der Waals surface area contributed by atoms with Gasteiger partial charge in [0.05, 0.1) is 11.6 Å². The number of aromatic nitrogens is 2. The van der Waals surface area contributed by atoms with Crippen LogP contribution in [0.2, 0.25) is 5.02 Å². The quantitative estimate of drug-likeness (QED) is 0.749. The van der Waals surface area contributed by atoms with Crippen LogP contribution in [-0.2, 0) is 16.3 Å². The van der Waals surface area contributed by atoms with Gasteiger partial charge in [0.1, 0.15) is 18.0 Å². The Balaban J connectivity index is 1.91. The molecule has 0 spiro atoms. The highest BCUT2D eigenvalue weighted by Gasteiger charge is 2.11. The van der Waals surface area contributed by atoms with Gasteiger partial charge in [0.25, 0.3) is 5.91 Å². The maximum absolute atomic E-state index is 11.8. The first-order chi connectivity index (χ1) is 11.0. The number of ether oxygens (including phenoxy) is 2. The van der Waals surface area contributed by atoms with Crippen LogP contribution in [0.4, 0.5) is 0 Å². The molecule has 0 bridgehead atoms. The zero-order valence-corrected chi connectivity index (χ0v) is 14.4. The van der Waals surface area contributed by atoms with E-state index in [0.29, 0.717) is 15.2 Å². The van der Waals surface area contributed by atoms with Crippen LogP contribution in [0.3, 0.4) is 0 Å². The van der Waals surface area contributed by atoms with Gasteiger partial charge in [-0.1, -0.05) is 11.6 Å². The Bertz CT molecular complexity index is 720. The van der Waals surface area contributed by atoms with E-state index in [2.05, 4.69) is 31.1 Å². The summed E-state index contributed by atoms with van der Waals surface area (Å²) in [6.07, 6.45) is 1.59. The molecule has 0 radical (unpaired) electrons. The van der Waals surface area contributed by atoms with E-state index in [0.717, 1.165) is 0 Å². The zero-order valence-electron chi connectivity index (χ0n) is 12.1. The highest BCUT2D eigenvalue weighted by atomic mass is 79.9. The van der Waals surface area contributed by atoms with Gasteiger partial charge in [-0.05, 0) is 40.2 Å². The average molecular weight is 403 g/mol. The Hall–Kier alpha value is -2.06. The minimum Gasteiger partial charge on any atom is -0.470 e. The molecule has 1 N–H and O–H groups in total. The molecular weight excluding hydrogens is 390 g/mol. The van der Waals surface area contributed by atoms with Crippen LogP contribution in [0.1, 0.15) is 10.5 Å². The first-order valence-corrected chi connectivity index (χ1v) is 7.63. The van der Waals surface area contributed by atoms with Gasteiger partial charge in [-0.2, -0.15) is 5.10 Å². The van der Waals surface area contributed by atoms with Crippen molar-refractivity contribution in [1.29, 1.82) is 0 Å². The van der Waals surface area contributed by atoms with Crippen molar-refractivity contribution in [3.05, 3.63) is 45.7 Å². The molecular formula is C14H13BrClN3O4. The van der Waals surface area contributed by atoms with Crippen molar-refractivity contribution in [3.8, 4) is 5.75 Å². The standard InChI is InChI=1S/C14H13BrClN3O4/c1-22-13(20)7-17-14(21)11-4-5-19(18-11)8-23-12-3-2-9(16)6-10(12)15/h2-6H,7-8H2,1H3,(H,17,21). The lowest BCUT2D eigenvalue weighted by atomic mass is 10.3. The molecule has 0 aliphatic heterocycles. The summed E-state index contributed by atoms with van der Waals surface area (Å²) >= 11 is 9.20. The largest absolute Gasteiger partial charge is 0.470 e. The Kier molecular flexibility index (Phi) is 6.00. The van der Waals surface area contributed by atoms with Gasteiger partial charge < -0.3 is 14.8 Å². The molecule has 0 atom stereocenters. The van der Waals surface area contributed by atoms with Gasteiger partial charge in [-0.15, -0.1) is 0 Å². The number of esters is 1. The third-order valence-corrected chi connectivity index (χ3v) is 3.60. The van der Waals surface area contributed by atoms with Crippen molar-refractivity contribution in [2.45, 2.75) is 6.73 Å². The molecule has 0 saturated carbocycles. The molecule has 9 heteroatoms. The minimum atomic E-state index is -0.534. The number of rotatable bonds is 6. The monoisotopic (exact) mass is 401 g/mol. The SMILES string of the molecule is COC(=O)CNC(=O)c1ccn(COc2ccc(Cl)cc2Br)n1. The molecule has 0 saturated heterocycles. The average Bonchev–Trinajstić information content (AvgIpc) is 3.00. The number of carbonyl (C=O) groups is 2. The summed E-state index contributed by atoms with van der Waals surface area (Å²) in [6.45, 7) is -0.0963. The maximum atomic E-state index is 11.8. The zero-order chi connectivity index (χ0) is 16.8. The molecule has 7 nitrogen and oxygen atoms in total. The van der Waals surface area contributed by atoms with Crippen LogP contribution in [0.25, 0.3) is 0 Å². The smallest absolute Gasteiger partial charge is 0.325 e. The normalized spacial score (nSPS) is 10.2. The fourth-order valence-electron chi connectivity index (χ4n) is 1.60. The van der Waals surface area contributed by atoms with E-state index in [1.165, 1.54) is 17.9 Å². The first-order valence-electron chi connectivity index (χ1n) is 6.46. The van der Waals surface area contributed by atoms with E-state index in [4.69, 9.17) is 16.3 Å². The van der Waals surface area contributed by atoms with Crippen molar-refractivity contribution in [3.63, 3.8) is 0 Å². The number of methoxy groups -OCH3 is 1. The predicted molar refractivity (Wildman–Crippen MR) is 86.4 cm³/mol. The van der Waals surface area contributed by atoms with Gasteiger partial charge in [0, 0.05) is 11.2 Å². The van der Waals surface area contributed by atoms with Gasteiger partial charge in [-0.25, -0.2) is 4.68 Å². The molecule has 0 aliphatic rings. The summed E-state index contributed by atoms with van der Waals surface area (Å²) in [5, 5.41) is 7.05. The fourth-order valence-corrected chi connectivity index (χ4v) is 2.39. The minimum absolute atomic E-state index is 0.116. The molecule has 0 aliphatic carbocycles. The molecule has 0 unspecified atom stereocenters. The Morgan fingerprint density at radius 3 is 2.87 bits per heavy atom. The lowest BCUT2D eigenvalue weighted by molar-refractivity contribution is -0.139. The number of hydrogen-bond acceptors (Lipinski definition) is 5. The lowest BCUT2D eigenvalue weighted by Gasteiger charge is -2.08. The summed E-state index contributed by atoms with van der Waals surface area (Å²) in [7, 11) is 1.25. The third kappa shape index (κ3) is 4.97. The third-order valence-electron chi connectivity index (χ3n) is 2.74. The van der Waals surface area contributed by atoms with Crippen LogP contribution in [0.15, 0.2) is 34.9 Å². The molecule has 1 aromatic carbocycles. The van der Waals surface area contributed by atoms with E-state index >= 15 is 0 Å². The second kappa shape index (κ2) is 7.98. The van der Waals surface area contributed by atoms with E-state index in [9.17, 15) is 9.59 Å². The van der Waals surface area contributed by atoms with Crippen molar-refractivity contribution >= 4 is 39.4 Å². The molecule has 2 aromatic rings. The lowest BCUT2D eigenvalue weighted by Crippen LogP contribution is -2.30. The summed E-state index contributed by atoms with van der Waals surface area (Å²) in [5.41, 5.74) is 0.174. The van der Waals surface area contributed by atoms with Crippen LogP contribution in [0.5, 0.6) is 5.75 Å². The van der Waals surface area contributed by atoms with Crippen LogP contribution in [0, 0.1) is 0 Å². The topological polar surface area (TPSA) is 82.5 Å². The van der Waals surface area contributed by atoms with Crippen LogP contribution < -0.4 is 10.1 Å². The first kappa shape index (κ1) is 17.3. The van der Waals surface area contributed by atoms with Gasteiger partial charge in [-0.3, -0.25) is 9.59 Å². The molecule has 1 heterocycles. The number of nitrogens with one attached hydrogen (secondary N) is 1. The highest BCUT2D eigenvalue weighted by Crippen LogP contribution is 2.28. The van der Waals surface area contributed by atoms with Crippen LogP contribution in [-0.4, -0.2) is 35.3 Å². The number of halogens is 2. The summed E-state index contributed by atoms with van der Waals surface area (Å²) in [5.74, 6) is -0.405. The highest BCUT2D eigenvalue weighted by molar-refractivity contribution is 9.10.